The summed E-state index contributed by atoms with van der Waals surface area (Å²) in [5, 5.41) is 3.61. The Hall–Kier alpha value is -2.71. The second-order valence-corrected chi connectivity index (χ2v) is 7.86. The summed E-state index contributed by atoms with van der Waals surface area (Å²) in [4.78, 5) is 6.69. The SMILES string of the molecule is CNc1ccc(Oc2ccnc3cc(OCCCN(C)CCCS)c(OC)cc23)c(F)c1. The molecule has 0 aliphatic heterocycles. The van der Waals surface area contributed by atoms with Gasteiger partial charge in [-0.2, -0.15) is 12.6 Å². The lowest BCUT2D eigenvalue weighted by molar-refractivity contribution is 0.254. The number of halogens is 1. The van der Waals surface area contributed by atoms with Crippen LogP contribution in [0.1, 0.15) is 12.8 Å². The maximum absolute atomic E-state index is 14.4. The third-order valence-corrected chi connectivity index (χ3v) is 5.38. The van der Waals surface area contributed by atoms with Crippen LogP contribution in [0.3, 0.4) is 0 Å². The van der Waals surface area contributed by atoms with Crippen molar-refractivity contribution in [3.63, 3.8) is 0 Å². The zero-order valence-corrected chi connectivity index (χ0v) is 19.6. The van der Waals surface area contributed by atoms with Gasteiger partial charge in [-0.3, -0.25) is 4.98 Å². The van der Waals surface area contributed by atoms with Crippen molar-refractivity contribution in [1.82, 2.24) is 9.88 Å². The summed E-state index contributed by atoms with van der Waals surface area (Å²) in [6.07, 6.45) is 3.59. The van der Waals surface area contributed by atoms with Gasteiger partial charge in [-0.1, -0.05) is 0 Å². The molecule has 0 spiro atoms. The molecule has 0 unspecified atom stereocenters. The Morgan fingerprint density at radius 3 is 2.56 bits per heavy atom. The molecule has 6 nitrogen and oxygen atoms in total. The second kappa shape index (κ2) is 11.8. The monoisotopic (exact) mass is 459 g/mol. The van der Waals surface area contributed by atoms with E-state index in [0.29, 0.717) is 40.4 Å². The van der Waals surface area contributed by atoms with Crippen molar-refractivity contribution in [3.8, 4) is 23.0 Å². The van der Waals surface area contributed by atoms with E-state index in [1.165, 1.54) is 6.07 Å². The molecule has 0 amide bonds. The highest BCUT2D eigenvalue weighted by atomic mass is 32.1. The van der Waals surface area contributed by atoms with Crippen molar-refractivity contribution < 1.29 is 18.6 Å². The number of nitrogens with one attached hydrogen (secondary N) is 1. The van der Waals surface area contributed by atoms with Crippen LogP contribution >= 0.6 is 12.6 Å². The van der Waals surface area contributed by atoms with Crippen LogP contribution in [0.25, 0.3) is 10.9 Å². The first-order valence-electron chi connectivity index (χ1n) is 10.6. The standard InChI is InChI=1S/C24H30FN3O3S/c1-26-17-6-7-22(19(25)14-17)31-21-8-9-27-20-16-24(23(29-3)15-18(20)21)30-12-4-10-28(2)11-5-13-32/h6-9,14-16,26,32H,4-5,10-13H2,1-3H3. The number of benzene rings is 2. The molecular formula is C24H30FN3O3S. The lowest BCUT2D eigenvalue weighted by Gasteiger charge is -2.17. The van der Waals surface area contributed by atoms with E-state index in [4.69, 9.17) is 14.2 Å². The first kappa shape index (κ1) is 23.9. The molecule has 1 heterocycles. The number of thiol groups is 1. The number of methoxy groups -OCH3 is 1. The highest BCUT2D eigenvalue weighted by molar-refractivity contribution is 7.80. The number of fused-ring (bicyclic) bond motifs is 1. The molecule has 1 N–H and O–H groups in total. The van der Waals surface area contributed by atoms with E-state index in [1.807, 2.05) is 12.1 Å². The molecule has 8 heteroatoms. The molecule has 3 rings (SSSR count). The van der Waals surface area contributed by atoms with Gasteiger partial charge in [0.25, 0.3) is 0 Å². The Labute approximate surface area is 194 Å². The zero-order valence-electron chi connectivity index (χ0n) is 18.7. The summed E-state index contributed by atoms with van der Waals surface area (Å²) in [5.41, 5.74) is 1.35. The van der Waals surface area contributed by atoms with Crippen molar-refractivity contribution in [2.24, 2.45) is 0 Å². The summed E-state index contributed by atoms with van der Waals surface area (Å²) in [5.74, 6) is 2.26. The minimum atomic E-state index is -0.451. The molecule has 0 aliphatic rings. The van der Waals surface area contributed by atoms with Gasteiger partial charge in [0.2, 0.25) is 0 Å². The number of rotatable bonds is 12. The predicted octanol–water partition coefficient (Wildman–Crippen LogP) is 5.24. The number of hydrogen-bond donors (Lipinski definition) is 2. The molecule has 0 radical (unpaired) electrons. The predicted molar refractivity (Wildman–Crippen MR) is 130 cm³/mol. The van der Waals surface area contributed by atoms with E-state index in [-0.39, 0.29) is 5.75 Å². The summed E-state index contributed by atoms with van der Waals surface area (Å²) < 4.78 is 31.8. The third kappa shape index (κ3) is 6.17. The Kier molecular flexibility index (Phi) is 8.81. The Morgan fingerprint density at radius 2 is 1.84 bits per heavy atom. The molecule has 0 aliphatic carbocycles. The summed E-state index contributed by atoms with van der Waals surface area (Å²) >= 11 is 4.25. The molecule has 3 aromatic rings. The van der Waals surface area contributed by atoms with Crippen LogP contribution in [0.15, 0.2) is 42.6 Å². The fourth-order valence-corrected chi connectivity index (χ4v) is 3.46. The summed E-state index contributed by atoms with van der Waals surface area (Å²) in [6, 6.07) is 10.1. The summed E-state index contributed by atoms with van der Waals surface area (Å²) in [6.45, 7) is 2.53. The molecule has 0 fully saturated rings. The number of ether oxygens (including phenoxy) is 3. The first-order chi connectivity index (χ1) is 15.5. The minimum Gasteiger partial charge on any atom is -0.493 e. The Morgan fingerprint density at radius 1 is 1.03 bits per heavy atom. The maximum Gasteiger partial charge on any atom is 0.167 e. The highest BCUT2D eigenvalue weighted by Crippen LogP contribution is 2.37. The third-order valence-electron chi connectivity index (χ3n) is 5.07. The number of nitrogens with zero attached hydrogens (tertiary/aromatic N) is 2. The molecule has 1 aromatic heterocycles. The molecular weight excluding hydrogens is 429 g/mol. The topological polar surface area (TPSA) is 55.8 Å². The highest BCUT2D eigenvalue weighted by Gasteiger charge is 2.14. The van der Waals surface area contributed by atoms with Gasteiger partial charge in [0.1, 0.15) is 5.75 Å². The second-order valence-electron chi connectivity index (χ2n) is 7.41. The van der Waals surface area contributed by atoms with Gasteiger partial charge >= 0.3 is 0 Å². The lowest BCUT2D eigenvalue weighted by atomic mass is 10.1. The smallest absolute Gasteiger partial charge is 0.167 e. The molecule has 172 valence electrons. The van der Waals surface area contributed by atoms with Gasteiger partial charge in [0, 0.05) is 43.0 Å². The van der Waals surface area contributed by atoms with E-state index in [2.05, 4.69) is 34.9 Å². The fraction of sp³-hybridized carbons (Fsp3) is 0.375. The van der Waals surface area contributed by atoms with E-state index >= 15 is 0 Å². The van der Waals surface area contributed by atoms with Crippen molar-refractivity contribution in [2.45, 2.75) is 12.8 Å². The van der Waals surface area contributed by atoms with Gasteiger partial charge in [-0.25, -0.2) is 4.39 Å². The first-order valence-corrected chi connectivity index (χ1v) is 11.2. The quantitative estimate of drug-likeness (QED) is 0.285. The number of hydrogen-bond acceptors (Lipinski definition) is 7. The number of aromatic nitrogens is 1. The zero-order chi connectivity index (χ0) is 22.9. The van der Waals surface area contributed by atoms with Crippen LogP contribution in [0.2, 0.25) is 0 Å². The minimum absolute atomic E-state index is 0.137. The van der Waals surface area contributed by atoms with Crippen LogP contribution in [-0.2, 0) is 0 Å². The van der Waals surface area contributed by atoms with Crippen LogP contribution in [0.4, 0.5) is 10.1 Å². The van der Waals surface area contributed by atoms with Crippen LogP contribution < -0.4 is 19.5 Å². The van der Waals surface area contributed by atoms with Crippen LogP contribution in [0, 0.1) is 5.82 Å². The van der Waals surface area contributed by atoms with E-state index in [1.54, 1.807) is 38.6 Å². The molecule has 0 saturated carbocycles. The normalized spacial score (nSPS) is 11.1. The number of anilines is 1. The fourth-order valence-electron chi connectivity index (χ4n) is 3.32. The average molecular weight is 460 g/mol. The van der Waals surface area contributed by atoms with Gasteiger partial charge in [0.15, 0.2) is 23.1 Å². The van der Waals surface area contributed by atoms with Gasteiger partial charge in [-0.05, 0) is 56.5 Å². The van der Waals surface area contributed by atoms with Gasteiger partial charge in [0.05, 0.1) is 19.2 Å². The van der Waals surface area contributed by atoms with E-state index in [9.17, 15) is 4.39 Å². The van der Waals surface area contributed by atoms with Crippen molar-refractivity contribution in [3.05, 3.63) is 48.4 Å². The lowest BCUT2D eigenvalue weighted by Crippen LogP contribution is -2.22. The van der Waals surface area contributed by atoms with Gasteiger partial charge in [-0.15, -0.1) is 0 Å². The molecule has 0 saturated heterocycles. The van der Waals surface area contributed by atoms with Gasteiger partial charge < -0.3 is 24.4 Å². The maximum atomic E-state index is 14.4. The molecule has 0 bridgehead atoms. The molecule has 32 heavy (non-hydrogen) atoms. The van der Waals surface area contributed by atoms with Crippen molar-refractivity contribution in [2.75, 3.05) is 52.0 Å². The van der Waals surface area contributed by atoms with Crippen molar-refractivity contribution in [1.29, 1.82) is 0 Å². The van der Waals surface area contributed by atoms with Crippen LogP contribution in [-0.4, -0.2) is 56.5 Å². The number of pyridine rings is 1. The molecule has 0 atom stereocenters. The van der Waals surface area contributed by atoms with Crippen molar-refractivity contribution >= 4 is 29.2 Å². The van der Waals surface area contributed by atoms with Crippen LogP contribution in [0.5, 0.6) is 23.0 Å². The largest absolute Gasteiger partial charge is 0.493 e. The average Bonchev–Trinajstić information content (AvgIpc) is 2.81. The molecule has 2 aromatic carbocycles. The summed E-state index contributed by atoms with van der Waals surface area (Å²) in [7, 11) is 5.42. The Bertz CT molecular complexity index is 1030. The van der Waals surface area contributed by atoms with E-state index < -0.39 is 5.82 Å². The Balaban J connectivity index is 1.75. The van der Waals surface area contributed by atoms with E-state index in [0.717, 1.165) is 31.7 Å².